The molecule has 28 heavy (non-hydrogen) atoms. The van der Waals surface area contributed by atoms with E-state index in [1.165, 1.54) is 5.56 Å². The standard InChI is InChI=1S/C21H23ClN2O3S/c1-15-9-10-17(22)14-18(15)23-21(28)24-19(25)11-12-20(26)27-13-5-8-16-6-3-2-4-7-16/h2-4,6-7,9-10,14H,5,8,11-13H2,1H3,(H2,23,24,25,28). The van der Waals surface area contributed by atoms with Gasteiger partial charge in [0.25, 0.3) is 0 Å². The highest BCUT2D eigenvalue weighted by atomic mass is 35.5. The summed E-state index contributed by atoms with van der Waals surface area (Å²) in [5.41, 5.74) is 2.87. The van der Waals surface area contributed by atoms with Crippen LogP contribution >= 0.6 is 23.8 Å². The van der Waals surface area contributed by atoms with Crippen LogP contribution in [0.4, 0.5) is 5.69 Å². The number of ether oxygens (including phenoxy) is 1. The van der Waals surface area contributed by atoms with E-state index in [1.54, 1.807) is 12.1 Å². The minimum atomic E-state index is -0.396. The second-order valence-electron chi connectivity index (χ2n) is 6.27. The lowest BCUT2D eigenvalue weighted by atomic mass is 10.1. The first-order valence-electron chi connectivity index (χ1n) is 9.00. The van der Waals surface area contributed by atoms with Gasteiger partial charge in [-0.15, -0.1) is 0 Å². The number of amides is 1. The Kier molecular flexibility index (Phi) is 8.91. The molecule has 2 rings (SSSR count). The van der Waals surface area contributed by atoms with Gasteiger partial charge in [0.2, 0.25) is 5.91 Å². The van der Waals surface area contributed by atoms with Crippen LogP contribution in [0.2, 0.25) is 5.02 Å². The molecule has 0 fully saturated rings. The molecule has 5 nitrogen and oxygen atoms in total. The molecule has 0 aliphatic carbocycles. The molecule has 0 saturated heterocycles. The Hall–Kier alpha value is -2.44. The molecule has 0 saturated carbocycles. The molecule has 0 aromatic heterocycles. The quantitative estimate of drug-likeness (QED) is 0.377. The fourth-order valence-corrected chi connectivity index (χ4v) is 2.86. The molecule has 0 heterocycles. The molecule has 0 aliphatic rings. The van der Waals surface area contributed by atoms with Gasteiger partial charge in [0.1, 0.15) is 0 Å². The monoisotopic (exact) mass is 418 g/mol. The van der Waals surface area contributed by atoms with Gasteiger partial charge in [-0.25, -0.2) is 0 Å². The summed E-state index contributed by atoms with van der Waals surface area (Å²) >= 11 is 11.1. The van der Waals surface area contributed by atoms with Gasteiger partial charge in [-0.1, -0.05) is 48.0 Å². The largest absolute Gasteiger partial charge is 0.466 e. The van der Waals surface area contributed by atoms with E-state index in [-0.39, 0.29) is 23.9 Å². The molecular formula is C21H23ClN2O3S. The topological polar surface area (TPSA) is 67.4 Å². The first-order valence-corrected chi connectivity index (χ1v) is 9.79. The molecule has 0 unspecified atom stereocenters. The number of carbonyl (C=O) groups is 2. The Bertz CT molecular complexity index is 828. The van der Waals surface area contributed by atoms with Gasteiger partial charge < -0.3 is 15.4 Å². The number of carbonyl (C=O) groups excluding carboxylic acids is 2. The fraction of sp³-hybridized carbons (Fsp3) is 0.286. The Morgan fingerprint density at radius 3 is 2.61 bits per heavy atom. The lowest BCUT2D eigenvalue weighted by molar-refractivity contribution is -0.145. The molecular weight excluding hydrogens is 396 g/mol. The zero-order valence-electron chi connectivity index (χ0n) is 15.7. The average molecular weight is 419 g/mol. The zero-order valence-corrected chi connectivity index (χ0v) is 17.2. The van der Waals surface area contributed by atoms with Gasteiger partial charge >= 0.3 is 5.97 Å². The van der Waals surface area contributed by atoms with E-state index in [2.05, 4.69) is 10.6 Å². The SMILES string of the molecule is Cc1ccc(Cl)cc1NC(=S)NC(=O)CCC(=O)OCCCc1ccccc1. The summed E-state index contributed by atoms with van der Waals surface area (Å²) < 4.78 is 5.16. The van der Waals surface area contributed by atoms with Crippen LogP contribution in [0.15, 0.2) is 48.5 Å². The Balaban J connectivity index is 1.62. The highest BCUT2D eigenvalue weighted by molar-refractivity contribution is 7.80. The summed E-state index contributed by atoms with van der Waals surface area (Å²) in [4.78, 5) is 23.7. The van der Waals surface area contributed by atoms with Gasteiger partial charge in [0.05, 0.1) is 13.0 Å². The summed E-state index contributed by atoms with van der Waals surface area (Å²) in [6.07, 6.45) is 1.61. The molecule has 2 N–H and O–H groups in total. The number of aryl methyl sites for hydroxylation is 2. The van der Waals surface area contributed by atoms with E-state index < -0.39 is 5.97 Å². The van der Waals surface area contributed by atoms with Crippen molar-refractivity contribution in [3.63, 3.8) is 0 Å². The zero-order chi connectivity index (χ0) is 20.4. The second kappa shape index (κ2) is 11.4. The number of nitrogens with one attached hydrogen (secondary N) is 2. The van der Waals surface area contributed by atoms with Crippen LogP contribution in [0.25, 0.3) is 0 Å². The van der Waals surface area contributed by atoms with Crippen molar-refractivity contribution >= 4 is 46.5 Å². The smallest absolute Gasteiger partial charge is 0.306 e. The molecule has 2 aromatic carbocycles. The van der Waals surface area contributed by atoms with E-state index >= 15 is 0 Å². The summed E-state index contributed by atoms with van der Waals surface area (Å²) in [6.45, 7) is 2.24. The maximum Gasteiger partial charge on any atom is 0.306 e. The number of benzene rings is 2. The van der Waals surface area contributed by atoms with Crippen LogP contribution in [0, 0.1) is 6.92 Å². The molecule has 148 valence electrons. The lowest BCUT2D eigenvalue weighted by Crippen LogP contribution is -2.34. The van der Waals surface area contributed by atoms with Gasteiger partial charge in [-0.3, -0.25) is 9.59 Å². The van der Waals surface area contributed by atoms with E-state index in [0.717, 1.165) is 24.1 Å². The third-order valence-electron chi connectivity index (χ3n) is 3.97. The van der Waals surface area contributed by atoms with Crippen LogP contribution in [0.3, 0.4) is 0 Å². The van der Waals surface area contributed by atoms with Crippen molar-refractivity contribution < 1.29 is 14.3 Å². The molecule has 0 spiro atoms. The maximum atomic E-state index is 11.9. The molecule has 0 bridgehead atoms. The summed E-state index contributed by atoms with van der Waals surface area (Å²) in [5.74, 6) is -0.744. The average Bonchev–Trinajstić information content (AvgIpc) is 2.67. The van der Waals surface area contributed by atoms with Gasteiger partial charge in [0, 0.05) is 17.1 Å². The number of anilines is 1. The van der Waals surface area contributed by atoms with Gasteiger partial charge in [-0.2, -0.15) is 0 Å². The Morgan fingerprint density at radius 2 is 1.86 bits per heavy atom. The highest BCUT2D eigenvalue weighted by Gasteiger charge is 2.10. The first kappa shape index (κ1) is 21.9. The second-order valence-corrected chi connectivity index (χ2v) is 7.12. The van der Waals surface area contributed by atoms with E-state index in [0.29, 0.717) is 11.6 Å². The number of hydrogen-bond acceptors (Lipinski definition) is 4. The van der Waals surface area contributed by atoms with Crippen molar-refractivity contribution in [1.29, 1.82) is 0 Å². The Labute approximate surface area is 175 Å². The predicted molar refractivity (Wildman–Crippen MR) is 116 cm³/mol. The third kappa shape index (κ3) is 8.06. The third-order valence-corrected chi connectivity index (χ3v) is 4.41. The first-order chi connectivity index (χ1) is 13.4. The highest BCUT2D eigenvalue weighted by Crippen LogP contribution is 2.19. The number of thiocarbonyl (C=S) groups is 1. The van der Waals surface area contributed by atoms with Gasteiger partial charge in [0.15, 0.2) is 5.11 Å². The molecule has 1 amide bonds. The van der Waals surface area contributed by atoms with Crippen LogP contribution < -0.4 is 10.6 Å². The molecule has 0 atom stereocenters. The van der Waals surface area contributed by atoms with Crippen molar-refractivity contribution in [3.05, 3.63) is 64.7 Å². The molecule has 0 radical (unpaired) electrons. The van der Waals surface area contributed by atoms with Crippen molar-refractivity contribution in [3.8, 4) is 0 Å². The predicted octanol–water partition coefficient (Wildman–Crippen LogP) is 4.42. The lowest BCUT2D eigenvalue weighted by Gasteiger charge is -2.12. The number of halogens is 1. The number of esters is 1. The summed E-state index contributed by atoms with van der Waals surface area (Å²) in [7, 11) is 0. The van der Waals surface area contributed by atoms with Crippen molar-refractivity contribution in [1.82, 2.24) is 5.32 Å². The van der Waals surface area contributed by atoms with Crippen LogP contribution in [-0.2, 0) is 20.7 Å². The minimum absolute atomic E-state index is 0.00780. The van der Waals surface area contributed by atoms with Gasteiger partial charge in [-0.05, 0) is 55.2 Å². The van der Waals surface area contributed by atoms with Crippen LogP contribution in [-0.4, -0.2) is 23.6 Å². The van der Waals surface area contributed by atoms with Crippen LogP contribution in [0.5, 0.6) is 0 Å². The molecule has 0 aliphatic heterocycles. The summed E-state index contributed by atoms with van der Waals surface area (Å²) in [5, 5.41) is 6.20. The van der Waals surface area contributed by atoms with E-state index in [1.807, 2.05) is 43.3 Å². The molecule has 2 aromatic rings. The number of rotatable bonds is 8. The Morgan fingerprint density at radius 1 is 1.11 bits per heavy atom. The molecule has 7 heteroatoms. The maximum absolute atomic E-state index is 11.9. The normalized spacial score (nSPS) is 10.2. The van der Waals surface area contributed by atoms with Crippen LogP contribution in [0.1, 0.15) is 30.4 Å². The number of hydrogen-bond donors (Lipinski definition) is 2. The van der Waals surface area contributed by atoms with E-state index in [9.17, 15) is 9.59 Å². The fourth-order valence-electron chi connectivity index (χ4n) is 2.47. The minimum Gasteiger partial charge on any atom is -0.466 e. The van der Waals surface area contributed by atoms with Crippen molar-refractivity contribution in [2.75, 3.05) is 11.9 Å². The summed E-state index contributed by atoms with van der Waals surface area (Å²) in [6, 6.07) is 15.3. The van der Waals surface area contributed by atoms with Crippen molar-refractivity contribution in [2.24, 2.45) is 0 Å². The van der Waals surface area contributed by atoms with E-state index in [4.69, 9.17) is 28.6 Å². The van der Waals surface area contributed by atoms with Crippen molar-refractivity contribution in [2.45, 2.75) is 32.6 Å².